The summed E-state index contributed by atoms with van der Waals surface area (Å²) in [6.45, 7) is 11.6. The summed E-state index contributed by atoms with van der Waals surface area (Å²) in [6, 6.07) is 2.02. The molecule has 1 atom stereocenters. The van der Waals surface area contributed by atoms with Gasteiger partial charge in [-0.3, -0.25) is 4.79 Å². The highest BCUT2D eigenvalue weighted by Gasteiger charge is 2.35. The van der Waals surface area contributed by atoms with E-state index in [-0.39, 0.29) is 0 Å². The third kappa shape index (κ3) is 4.92. The smallest absolute Gasteiger partial charge is 0.326 e. The second kappa shape index (κ2) is 6.05. The molecule has 0 saturated heterocycles. The Morgan fingerprint density at radius 2 is 1.83 bits per heavy atom. The molecule has 102 valence electrons. The third-order valence-electron chi connectivity index (χ3n) is 2.56. The first-order valence-electron chi connectivity index (χ1n) is 5.91. The Kier molecular flexibility index (Phi) is 5.62. The van der Waals surface area contributed by atoms with Crippen molar-refractivity contribution in [1.82, 2.24) is 0 Å². The van der Waals surface area contributed by atoms with Crippen molar-refractivity contribution < 1.29 is 14.0 Å². The van der Waals surface area contributed by atoms with Gasteiger partial charge in [-0.15, -0.1) is 0 Å². The molecule has 0 fully saturated rings. The number of allylic oxidation sites excluding steroid dienone is 2. The van der Waals surface area contributed by atoms with Crippen molar-refractivity contribution in [2.45, 2.75) is 46.8 Å². The standard InChI is InChI=1S/C13H23NO3Si/c1-10(11(2)17-18(5,6)7)8-13(3,9-14)12(15)16-4/h8H2,1-7H3/b11-10+. The van der Waals surface area contributed by atoms with Gasteiger partial charge in [0, 0.05) is 6.42 Å². The minimum atomic E-state index is -1.66. The summed E-state index contributed by atoms with van der Waals surface area (Å²) in [5, 5.41) is 9.14. The van der Waals surface area contributed by atoms with Gasteiger partial charge < -0.3 is 9.16 Å². The summed E-state index contributed by atoms with van der Waals surface area (Å²) in [7, 11) is -0.367. The minimum Gasteiger partial charge on any atom is -0.548 e. The highest BCUT2D eigenvalue weighted by molar-refractivity contribution is 6.70. The van der Waals surface area contributed by atoms with Crippen LogP contribution in [0.25, 0.3) is 0 Å². The molecule has 4 nitrogen and oxygen atoms in total. The van der Waals surface area contributed by atoms with E-state index in [0.717, 1.165) is 11.3 Å². The summed E-state index contributed by atoms with van der Waals surface area (Å²) in [5.74, 6) is 0.296. The zero-order valence-corrected chi connectivity index (χ0v) is 13.4. The van der Waals surface area contributed by atoms with E-state index in [1.165, 1.54) is 7.11 Å². The molecule has 0 aromatic rings. The lowest BCUT2D eigenvalue weighted by Crippen LogP contribution is -2.29. The second-order valence-electron chi connectivity index (χ2n) is 5.66. The Hall–Kier alpha value is -1.28. The van der Waals surface area contributed by atoms with E-state index in [1.807, 2.05) is 19.9 Å². The Morgan fingerprint density at radius 3 is 2.17 bits per heavy atom. The van der Waals surface area contributed by atoms with Crippen LogP contribution in [0.5, 0.6) is 0 Å². The molecule has 0 rings (SSSR count). The summed E-state index contributed by atoms with van der Waals surface area (Å²) >= 11 is 0. The molecule has 18 heavy (non-hydrogen) atoms. The molecule has 0 aliphatic carbocycles. The predicted molar refractivity (Wildman–Crippen MR) is 73.2 cm³/mol. The van der Waals surface area contributed by atoms with Gasteiger partial charge >= 0.3 is 5.97 Å². The van der Waals surface area contributed by atoms with Crippen molar-refractivity contribution in [3.05, 3.63) is 11.3 Å². The molecule has 0 amide bonds. The van der Waals surface area contributed by atoms with Gasteiger partial charge in [-0.25, -0.2) is 0 Å². The van der Waals surface area contributed by atoms with Gasteiger partial charge in [0.15, 0.2) is 5.41 Å². The molecule has 0 radical (unpaired) electrons. The minimum absolute atomic E-state index is 0.326. The van der Waals surface area contributed by atoms with Crippen LogP contribution in [0.4, 0.5) is 0 Å². The lowest BCUT2D eigenvalue weighted by Gasteiger charge is -2.24. The molecule has 0 bridgehead atoms. The van der Waals surface area contributed by atoms with Gasteiger partial charge in [0.05, 0.1) is 18.9 Å². The van der Waals surface area contributed by atoms with Gasteiger partial charge in [0.1, 0.15) is 0 Å². The Morgan fingerprint density at radius 1 is 1.33 bits per heavy atom. The topological polar surface area (TPSA) is 59.3 Å². The fourth-order valence-corrected chi connectivity index (χ4v) is 2.68. The second-order valence-corrected chi connectivity index (χ2v) is 10.1. The first kappa shape index (κ1) is 16.7. The first-order chi connectivity index (χ1) is 8.05. The molecule has 0 N–H and O–H groups in total. The van der Waals surface area contributed by atoms with Crippen LogP contribution in [-0.4, -0.2) is 21.4 Å². The van der Waals surface area contributed by atoms with Crippen LogP contribution in [0.3, 0.4) is 0 Å². The fraction of sp³-hybridized carbons (Fsp3) is 0.692. The van der Waals surface area contributed by atoms with Crippen molar-refractivity contribution >= 4 is 14.3 Å². The lowest BCUT2D eigenvalue weighted by atomic mass is 9.85. The number of hydrogen-bond donors (Lipinski definition) is 0. The lowest BCUT2D eigenvalue weighted by molar-refractivity contribution is -0.148. The molecule has 0 aromatic heterocycles. The molecule has 0 heterocycles. The van der Waals surface area contributed by atoms with Crippen LogP contribution in [0.2, 0.25) is 19.6 Å². The quantitative estimate of drug-likeness (QED) is 0.437. The van der Waals surface area contributed by atoms with E-state index in [4.69, 9.17) is 9.69 Å². The Labute approximate surface area is 111 Å². The molecule has 0 aliphatic rings. The predicted octanol–water partition coefficient (Wildman–Crippen LogP) is 3.22. The van der Waals surface area contributed by atoms with Gasteiger partial charge in [-0.2, -0.15) is 5.26 Å². The van der Waals surface area contributed by atoms with E-state index in [9.17, 15) is 4.79 Å². The number of esters is 1. The third-order valence-corrected chi connectivity index (χ3v) is 3.48. The number of rotatable bonds is 5. The zero-order valence-electron chi connectivity index (χ0n) is 12.4. The number of carbonyl (C=O) groups is 1. The van der Waals surface area contributed by atoms with E-state index in [1.54, 1.807) is 6.92 Å². The van der Waals surface area contributed by atoms with Crippen LogP contribution < -0.4 is 0 Å². The molecule has 0 aliphatic heterocycles. The van der Waals surface area contributed by atoms with Crippen LogP contribution in [0, 0.1) is 16.7 Å². The first-order valence-corrected chi connectivity index (χ1v) is 9.31. The van der Waals surface area contributed by atoms with Crippen LogP contribution >= 0.6 is 0 Å². The van der Waals surface area contributed by atoms with Crippen LogP contribution in [-0.2, 0) is 14.0 Å². The van der Waals surface area contributed by atoms with Gasteiger partial charge in [-0.1, -0.05) is 0 Å². The van der Waals surface area contributed by atoms with Crippen molar-refractivity contribution in [2.75, 3.05) is 7.11 Å². The molecule has 0 aromatic carbocycles. The normalized spacial score (nSPS) is 16.1. The zero-order chi connectivity index (χ0) is 14.6. The summed E-state index contributed by atoms with van der Waals surface area (Å²) in [5.41, 5.74) is -0.241. The number of nitriles is 1. The van der Waals surface area contributed by atoms with Crippen LogP contribution in [0.15, 0.2) is 11.3 Å². The molecule has 0 spiro atoms. The van der Waals surface area contributed by atoms with Gasteiger partial charge in [0.25, 0.3) is 0 Å². The molecular weight excluding hydrogens is 246 g/mol. The summed E-state index contributed by atoms with van der Waals surface area (Å²) in [4.78, 5) is 11.6. The number of methoxy groups -OCH3 is 1. The Bertz CT molecular complexity index is 390. The van der Waals surface area contributed by atoms with Crippen molar-refractivity contribution in [3.63, 3.8) is 0 Å². The largest absolute Gasteiger partial charge is 0.548 e. The monoisotopic (exact) mass is 269 g/mol. The van der Waals surface area contributed by atoms with Gasteiger partial charge in [0.2, 0.25) is 8.32 Å². The van der Waals surface area contributed by atoms with Gasteiger partial charge in [-0.05, 0) is 46.0 Å². The van der Waals surface area contributed by atoms with Crippen LogP contribution in [0.1, 0.15) is 27.2 Å². The fourth-order valence-electron chi connectivity index (χ4n) is 1.58. The number of hydrogen-bond acceptors (Lipinski definition) is 4. The SMILES string of the molecule is COC(=O)C(C)(C#N)C/C(C)=C(\C)O[Si](C)(C)C. The number of nitrogens with zero attached hydrogens (tertiary/aromatic N) is 1. The molecule has 1 unspecified atom stereocenters. The number of carbonyl (C=O) groups excluding carboxylic acids is 1. The maximum atomic E-state index is 11.6. The van der Waals surface area contributed by atoms with Crippen molar-refractivity contribution in [3.8, 4) is 6.07 Å². The highest BCUT2D eigenvalue weighted by atomic mass is 28.4. The highest BCUT2D eigenvalue weighted by Crippen LogP contribution is 2.29. The molecular formula is C13H23NO3Si. The van der Waals surface area contributed by atoms with E-state index < -0.39 is 19.7 Å². The summed E-state index contributed by atoms with van der Waals surface area (Å²) in [6.07, 6.45) is 0.326. The van der Waals surface area contributed by atoms with E-state index in [0.29, 0.717) is 6.42 Å². The van der Waals surface area contributed by atoms with Crippen molar-refractivity contribution in [1.29, 1.82) is 5.26 Å². The number of ether oxygens (including phenoxy) is 1. The van der Waals surface area contributed by atoms with E-state index in [2.05, 4.69) is 24.4 Å². The molecule has 5 heteroatoms. The summed E-state index contributed by atoms with van der Waals surface area (Å²) < 4.78 is 10.5. The Balaban J connectivity index is 5.03. The average Bonchev–Trinajstić information content (AvgIpc) is 2.25. The maximum absolute atomic E-state index is 11.6. The van der Waals surface area contributed by atoms with E-state index >= 15 is 0 Å². The van der Waals surface area contributed by atoms with Crippen molar-refractivity contribution in [2.24, 2.45) is 5.41 Å². The average molecular weight is 269 g/mol. The molecule has 0 saturated carbocycles. The maximum Gasteiger partial charge on any atom is 0.326 e.